The lowest BCUT2D eigenvalue weighted by Gasteiger charge is -2.11. The molecule has 0 N–H and O–H groups in total. The predicted octanol–water partition coefficient (Wildman–Crippen LogP) is 4.71. The average molecular weight is 299 g/mol. The molecule has 3 aromatic rings. The van der Waals surface area contributed by atoms with Crippen molar-refractivity contribution in [3.63, 3.8) is 0 Å². The van der Waals surface area contributed by atoms with Gasteiger partial charge in [0.25, 0.3) is 0 Å². The van der Waals surface area contributed by atoms with Gasteiger partial charge < -0.3 is 9.47 Å². The molecule has 0 atom stereocenters. The van der Waals surface area contributed by atoms with Gasteiger partial charge in [-0.3, -0.25) is 9.97 Å². The van der Waals surface area contributed by atoms with Crippen molar-refractivity contribution in [2.45, 2.75) is 0 Å². The summed E-state index contributed by atoms with van der Waals surface area (Å²) in [6.45, 7) is 0. The van der Waals surface area contributed by atoms with E-state index in [0.717, 1.165) is 0 Å². The number of nitrogens with zero attached hydrogens (tertiary/aromatic N) is 2. The Bertz CT molecular complexity index is 661. The zero-order chi connectivity index (χ0) is 14.5. The molecule has 0 saturated carbocycles. The largest absolute Gasteiger partial charge is 0.454 e. The Morgan fingerprint density at radius 2 is 1.24 bits per heavy atom. The van der Waals surface area contributed by atoms with E-state index in [0.29, 0.717) is 28.0 Å². The van der Waals surface area contributed by atoms with Crippen molar-refractivity contribution in [3.05, 3.63) is 72.3 Å². The summed E-state index contributed by atoms with van der Waals surface area (Å²) in [4.78, 5) is 7.99. The first kappa shape index (κ1) is 13.4. The molecule has 3 rings (SSSR count). The summed E-state index contributed by atoms with van der Waals surface area (Å²) in [5.74, 6) is 2.23. The first-order valence-corrected chi connectivity index (χ1v) is 6.65. The summed E-state index contributed by atoms with van der Waals surface area (Å²) in [5.41, 5.74) is 0. The monoisotopic (exact) mass is 298 g/mol. The zero-order valence-electron chi connectivity index (χ0n) is 10.9. The molecule has 0 aliphatic rings. The lowest BCUT2D eigenvalue weighted by atomic mass is 10.3. The molecule has 0 spiro atoms. The summed E-state index contributed by atoms with van der Waals surface area (Å²) in [7, 11) is 0. The molecular formula is C16H11ClN2O2. The molecule has 2 heterocycles. The first-order valence-electron chi connectivity index (χ1n) is 6.27. The van der Waals surface area contributed by atoms with Crippen molar-refractivity contribution in [1.82, 2.24) is 9.97 Å². The number of ether oxygens (including phenoxy) is 2. The van der Waals surface area contributed by atoms with Gasteiger partial charge in [0.2, 0.25) is 0 Å². The highest BCUT2D eigenvalue weighted by Crippen LogP contribution is 2.38. The molecule has 104 valence electrons. The molecule has 21 heavy (non-hydrogen) atoms. The van der Waals surface area contributed by atoms with E-state index < -0.39 is 0 Å². The van der Waals surface area contributed by atoms with Gasteiger partial charge in [0.15, 0.2) is 0 Å². The van der Waals surface area contributed by atoms with Gasteiger partial charge in [-0.15, -0.1) is 0 Å². The number of benzene rings is 1. The van der Waals surface area contributed by atoms with E-state index in [2.05, 4.69) is 9.97 Å². The van der Waals surface area contributed by atoms with Crippen LogP contribution in [0, 0.1) is 0 Å². The zero-order valence-corrected chi connectivity index (χ0v) is 11.7. The lowest BCUT2D eigenvalue weighted by Crippen LogP contribution is -1.90. The molecular weight excluding hydrogens is 288 g/mol. The van der Waals surface area contributed by atoms with E-state index in [4.69, 9.17) is 21.1 Å². The predicted molar refractivity (Wildman–Crippen MR) is 80.1 cm³/mol. The van der Waals surface area contributed by atoms with Crippen molar-refractivity contribution in [1.29, 1.82) is 0 Å². The van der Waals surface area contributed by atoms with Crippen LogP contribution in [0.5, 0.6) is 23.0 Å². The van der Waals surface area contributed by atoms with Gasteiger partial charge in [-0.25, -0.2) is 0 Å². The summed E-state index contributed by atoms with van der Waals surface area (Å²) >= 11 is 6.32. The summed E-state index contributed by atoms with van der Waals surface area (Å²) in [6.07, 6.45) is 6.59. The molecule has 0 amide bonds. The second-order valence-corrected chi connectivity index (χ2v) is 4.53. The lowest BCUT2D eigenvalue weighted by molar-refractivity contribution is 0.458. The minimum atomic E-state index is 0.394. The molecule has 0 saturated heterocycles. The number of pyridine rings is 2. The number of rotatable bonds is 4. The summed E-state index contributed by atoms with van der Waals surface area (Å²) in [6, 6.07) is 12.5. The second-order valence-electron chi connectivity index (χ2n) is 4.15. The van der Waals surface area contributed by atoms with E-state index in [-0.39, 0.29) is 0 Å². The maximum Gasteiger partial charge on any atom is 0.149 e. The fourth-order valence-corrected chi connectivity index (χ4v) is 1.92. The van der Waals surface area contributed by atoms with Gasteiger partial charge in [-0.2, -0.15) is 0 Å². The summed E-state index contributed by atoms with van der Waals surface area (Å²) in [5, 5.41) is 0.394. The second kappa shape index (κ2) is 6.24. The van der Waals surface area contributed by atoms with Crippen LogP contribution in [0.2, 0.25) is 5.02 Å². The van der Waals surface area contributed by atoms with E-state index in [1.165, 1.54) is 0 Å². The molecule has 0 aliphatic carbocycles. The van der Waals surface area contributed by atoms with Crippen LogP contribution in [-0.4, -0.2) is 9.97 Å². The Morgan fingerprint density at radius 3 is 1.67 bits per heavy atom. The fraction of sp³-hybridized carbons (Fsp3) is 0. The van der Waals surface area contributed by atoms with Crippen LogP contribution in [0.4, 0.5) is 0 Å². The maximum atomic E-state index is 6.32. The SMILES string of the molecule is Clc1c(Oc2cccnc2)cccc1Oc1cccnc1. The first-order chi connectivity index (χ1) is 10.3. The third-order valence-corrected chi connectivity index (χ3v) is 3.02. The number of hydrogen-bond acceptors (Lipinski definition) is 4. The highest BCUT2D eigenvalue weighted by atomic mass is 35.5. The van der Waals surface area contributed by atoms with Crippen molar-refractivity contribution in [2.75, 3.05) is 0 Å². The third-order valence-electron chi connectivity index (χ3n) is 2.65. The molecule has 5 heteroatoms. The molecule has 4 nitrogen and oxygen atoms in total. The smallest absolute Gasteiger partial charge is 0.149 e. The van der Waals surface area contributed by atoms with Gasteiger partial charge in [-0.05, 0) is 36.4 Å². The molecule has 0 unspecified atom stereocenters. The van der Waals surface area contributed by atoms with E-state index >= 15 is 0 Å². The highest BCUT2D eigenvalue weighted by molar-refractivity contribution is 6.33. The molecule has 0 fully saturated rings. The van der Waals surface area contributed by atoms with Gasteiger partial charge in [0.05, 0.1) is 12.4 Å². The van der Waals surface area contributed by atoms with Gasteiger partial charge in [0, 0.05) is 12.4 Å². The van der Waals surface area contributed by atoms with E-state index in [1.54, 1.807) is 61.2 Å². The Balaban J connectivity index is 1.85. The topological polar surface area (TPSA) is 44.2 Å². The van der Waals surface area contributed by atoms with Gasteiger partial charge in [-0.1, -0.05) is 17.7 Å². The van der Waals surface area contributed by atoms with Crippen LogP contribution >= 0.6 is 11.6 Å². The number of halogens is 1. The molecule has 0 radical (unpaired) electrons. The Kier molecular flexibility index (Phi) is 3.98. The van der Waals surface area contributed by atoms with Crippen LogP contribution in [0.15, 0.2) is 67.3 Å². The van der Waals surface area contributed by atoms with Crippen LogP contribution < -0.4 is 9.47 Å². The summed E-state index contributed by atoms with van der Waals surface area (Å²) < 4.78 is 11.4. The van der Waals surface area contributed by atoms with E-state index in [9.17, 15) is 0 Å². The van der Waals surface area contributed by atoms with Crippen molar-refractivity contribution >= 4 is 11.6 Å². The Hall–Kier alpha value is -2.59. The van der Waals surface area contributed by atoms with Crippen LogP contribution in [-0.2, 0) is 0 Å². The standard InChI is InChI=1S/C16H11ClN2O2/c17-16-14(20-12-4-2-8-18-10-12)6-1-7-15(16)21-13-5-3-9-19-11-13/h1-11H. The van der Waals surface area contributed by atoms with Gasteiger partial charge >= 0.3 is 0 Å². The minimum Gasteiger partial charge on any atom is -0.454 e. The van der Waals surface area contributed by atoms with Crippen molar-refractivity contribution in [3.8, 4) is 23.0 Å². The molecule has 0 aliphatic heterocycles. The molecule has 1 aromatic carbocycles. The normalized spacial score (nSPS) is 10.1. The fourth-order valence-electron chi connectivity index (χ4n) is 1.72. The molecule has 2 aromatic heterocycles. The van der Waals surface area contributed by atoms with E-state index in [1.807, 2.05) is 6.07 Å². The highest BCUT2D eigenvalue weighted by Gasteiger charge is 2.10. The van der Waals surface area contributed by atoms with Crippen LogP contribution in [0.25, 0.3) is 0 Å². The number of hydrogen-bond donors (Lipinski definition) is 0. The van der Waals surface area contributed by atoms with Crippen molar-refractivity contribution in [2.24, 2.45) is 0 Å². The Morgan fingerprint density at radius 1 is 0.714 bits per heavy atom. The Labute approximate surface area is 127 Å². The van der Waals surface area contributed by atoms with Crippen molar-refractivity contribution < 1.29 is 9.47 Å². The van der Waals surface area contributed by atoms with Crippen LogP contribution in [0.3, 0.4) is 0 Å². The quantitative estimate of drug-likeness (QED) is 0.699. The third kappa shape index (κ3) is 3.30. The average Bonchev–Trinajstić information content (AvgIpc) is 2.53. The van der Waals surface area contributed by atoms with Crippen LogP contribution in [0.1, 0.15) is 0 Å². The number of aromatic nitrogens is 2. The van der Waals surface area contributed by atoms with Gasteiger partial charge in [0.1, 0.15) is 28.0 Å². The molecule has 0 bridgehead atoms. The minimum absolute atomic E-state index is 0.394. The maximum absolute atomic E-state index is 6.32.